The zero-order chi connectivity index (χ0) is 18.6. The van der Waals surface area contributed by atoms with Gasteiger partial charge in [0.25, 0.3) is 0 Å². The van der Waals surface area contributed by atoms with Crippen molar-refractivity contribution in [3.63, 3.8) is 0 Å². The fraction of sp³-hybridized carbons (Fsp3) is 0.300. The highest BCUT2D eigenvalue weighted by Gasteiger charge is 2.21. The number of aromatic amines is 1. The number of fused-ring (bicyclic) bond motifs is 1. The molecular weight excluding hydrogens is 380 g/mol. The van der Waals surface area contributed by atoms with Gasteiger partial charge in [0, 0.05) is 37.7 Å². The van der Waals surface area contributed by atoms with Crippen LogP contribution in [-0.4, -0.2) is 57.6 Å². The van der Waals surface area contributed by atoms with E-state index in [0.717, 1.165) is 53.9 Å². The third-order valence-electron chi connectivity index (χ3n) is 4.74. The number of carbonyl (C=O) groups is 1. The van der Waals surface area contributed by atoms with E-state index in [1.807, 2.05) is 41.3 Å². The fourth-order valence-electron chi connectivity index (χ4n) is 3.22. The second-order valence-corrected chi connectivity index (χ2v) is 8.03. The lowest BCUT2D eigenvalue weighted by molar-refractivity contribution is -0.130. The Hall–Kier alpha value is -2.02. The zero-order valence-electron chi connectivity index (χ0n) is 14.9. The molecule has 0 unspecified atom stereocenters. The Morgan fingerprint density at radius 1 is 1.07 bits per heavy atom. The average Bonchev–Trinajstić information content (AvgIpc) is 3.11. The van der Waals surface area contributed by atoms with Crippen LogP contribution in [0, 0.1) is 0 Å². The first kappa shape index (κ1) is 18.3. The summed E-state index contributed by atoms with van der Waals surface area (Å²) in [6.45, 7) is 4.22. The molecule has 0 bridgehead atoms. The predicted molar refractivity (Wildman–Crippen MR) is 110 cm³/mol. The molecule has 1 N–H and O–H groups in total. The van der Waals surface area contributed by atoms with Crippen LogP contribution in [0.5, 0.6) is 0 Å². The molecule has 2 heterocycles. The number of thioether (sulfide) groups is 1. The number of halogens is 1. The van der Waals surface area contributed by atoms with Crippen LogP contribution in [-0.2, 0) is 11.3 Å². The third-order valence-corrected chi connectivity index (χ3v) is 5.85. The molecule has 0 atom stereocenters. The lowest BCUT2D eigenvalue weighted by Gasteiger charge is -2.34. The van der Waals surface area contributed by atoms with Crippen molar-refractivity contribution in [1.82, 2.24) is 19.8 Å². The summed E-state index contributed by atoms with van der Waals surface area (Å²) in [5.41, 5.74) is 3.19. The molecule has 1 amide bonds. The molecule has 7 heteroatoms. The Morgan fingerprint density at radius 2 is 1.81 bits per heavy atom. The van der Waals surface area contributed by atoms with E-state index >= 15 is 0 Å². The van der Waals surface area contributed by atoms with Gasteiger partial charge in [0.1, 0.15) is 0 Å². The number of nitrogens with zero attached hydrogens (tertiary/aromatic N) is 3. The van der Waals surface area contributed by atoms with Gasteiger partial charge >= 0.3 is 0 Å². The number of aromatic nitrogens is 2. The minimum absolute atomic E-state index is 0.173. The molecule has 0 saturated carbocycles. The van der Waals surface area contributed by atoms with E-state index in [1.54, 1.807) is 0 Å². The Morgan fingerprint density at radius 3 is 2.56 bits per heavy atom. The number of H-pyrrole nitrogens is 1. The number of hydrogen-bond donors (Lipinski definition) is 1. The van der Waals surface area contributed by atoms with Crippen LogP contribution in [0.2, 0.25) is 5.02 Å². The fourth-order valence-corrected chi connectivity index (χ4v) is 4.14. The van der Waals surface area contributed by atoms with E-state index in [2.05, 4.69) is 27.0 Å². The average molecular weight is 401 g/mol. The molecule has 2 aromatic carbocycles. The lowest BCUT2D eigenvalue weighted by atomic mass is 10.2. The van der Waals surface area contributed by atoms with Gasteiger partial charge in [0.2, 0.25) is 5.91 Å². The summed E-state index contributed by atoms with van der Waals surface area (Å²) in [6, 6.07) is 15.9. The number of imidazole rings is 1. The van der Waals surface area contributed by atoms with Gasteiger partial charge in [-0.2, -0.15) is 0 Å². The first-order valence-electron chi connectivity index (χ1n) is 8.99. The minimum Gasteiger partial charge on any atom is -0.339 e. The monoisotopic (exact) mass is 400 g/mol. The van der Waals surface area contributed by atoms with E-state index in [-0.39, 0.29) is 5.91 Å². The molecule has 3 aromatic rings. The molecular formula is C20H21ClN4OS. The Bertz CT molecular complexity index is 886. The maximum atomic E-state index is 12.5. The number of piperazine rings is 1. The van der Waals surface area contributed by atoms with E-state index < -0.39 is 0 Å². The summed E-state index contributed by atoms with van der Waals surface area (Å²) in [4.78, 5) is 24.6. The van der Waals surface area contributed by atoms with Crippen LogP contribution in [0.15, 0.2) is 53.7 Å². The van der Waals surface area contributed by atoms with Crippen molar-refractivity contribution < 1.29 is 4.79 Å². The van der Waals surface area contributed by atoms with Crippen LogP contribution >= 0.6 is 23.4 Å². The van der Waals surface area contributed by atoms with Gasteiger partial charge in [-0.1, -0.05) is 47.6 Å². The van der Waals surface area contributed by atoms with Crippen LogP contribution in [0.25, 0.3) is 11.0 Å². The first-order valence-corrected chi connectivity index (χ1v) is 10.4. The number of amides is 1. The summed E-state index contributed by atoms with van der Waals surface area (Å²) in [5, 5.41) is 1.56. The summed E-state index contributed by atoms with van der Waals surface area (Å²) < 4.78 is 0. The number of rotatable bonds is 5. The Labute approximate surface area is 167 Å². The number of para-hydroxylation sites is 2. The summed E-state index contributed by atoms with van der Waals surface area (Å²) >= 11 is 7.41. The van der Waals surface area contributed by atoms with Gasteiger partial charge in [-0.05, 0) is 29.8 Å². The van der Waals surface area contributed by atoms with Crippen molar-refractivity contribution in [2.45, 2.75) is 11.7 Å². The van der Waals surface area contributed by atoms with E-state index in [4.69, 9.17) is 11.6 Å². The topological polar surface area (TPSA) is 52.2 Å². The van der Waals surface area contributed by atoms with Crippen LogP contribution in [0.4, 0.5) is 0 Å². The third kappa shape index (κ3) is 4.64. The van der Waals surface area contributed by atoms with Crippen molar-refractivity contribution in [1.29, 1.82) is 0 Å². The summed E-state index contributed by atoms with van der Waals surface area (Å²) in [7, 11) is 0. The first-order chi connectivity index (χ1) is 13.2. The van der Waals surface area contributed by atoms with E-state index in [9.17, 15) is 4.79 Å². The molecule has 1 aliphatic rings. The Kier molecular flexibility index (Phi) is 5.66. The molecule has 1 aliphatic heterocycles. The molecule has 1 fully saturated rings. The smallest absolute Gasteiger partial charge is 0.233 e. The highest BCUT2D eigenvalue weighted by Crippen LogP contribution is 2.20. The quantitative estimate of drug-likeness (QED) is 0.664. The van der Waals surface area contributed by atoms with Gasteiger partial charge in [0.05, 0.1) is 16.8 Å². The van der Waals surface area contributed by atoms with Crippen molar-refractivity contribution in [2.75, 3.05) is 31.9 Å². The van der Waals surface area contributed by atoms with E-state index in [0.29, 0.717) is 5.75 Å². The molecule has 1 aromatic heterocycles. The largest absolute Gasteiger partial charge is 0.339 e. The van der Waals surface area contributed by atoms with Gasteiger partial charge < -0.3 is 9.88 Å². The van der Waals surface area contributed by atoms with Crippen LogP contribution in [0.3, 0.4) is 0 Å². The molecule has 1 saturated heterocycles. The van der Waals surface area contributed by atoms with Gasteiger partial charge in [-0.25, -0.2) is 4.98 Å². The van der Waals surface area contributed by atoms with Crippen molar-refractivity contribution >= 4 is 40.3 Å². The van der Waals surface area contributed by atoms with Crippen molar-refractivity contribution in [2.24, 2.45) is 0 Å². The standard InChI is InChI=1S/C20H21ClN4OS/c21-16-7-5-15(6-8-16)13-24-9-11-25(12-10-24)19(26)14-27-20-22-17-3-1-2-4-18(17)23-20/h1-8H,9-14H2,(H,22,23). The molecule has 0 radical (unpaired) electrons. The molecule has 0 spiro atoms. The second kappa shape index (κ2) is 8.33. The highest BCUT2D eigenvalue weighted by molar-refractivity contribution is 7.99. The maximum absolute atomic E-state index is 12.5. The molecule has 5 nitrogen and oxygen atoms in total. The molecule has 140 valence electrons. The van der Waals surface area contributed by atoms with Gasteiger partial charge in [0.15, 0.2) is 5.16 Å². The number of hydrogen-bond acceptors (Lipinski definition) is 4. The SMILES string of the molecule is O=C(CSc1nc2ccccc2[nH]1)N1CCN(Cc2ccc(Cl)cc2)CC1. The number of nitrogens with one attached hydrogen (secondary N) is 1. The van der Waals surface area contributed by atoms with Gasteiger partial charge in [-0.15, -0.1) is 0 Å². The maximum Gasteiger partial charge on any atom is 0.233 e. The molecule has 27 heavy (non-hydrogen) atoms. The zero-order valence-corrected chi connectivity index (χ0v) is 16.5. The normalized spacial score (nSPS) is 15.4. The van der Waals surface area contributed by atoms with Crippen LogP contribution < -0.4 is 0 Å². The van der Waals surface area contributed by atoms with E-state index in [1.165, 1.54) is 17.3 Å². The van der Waals surface area contributed by atoms with Gasteiger partial charge in [-0.3, -0.25) is 9.69 Å². The number of carbonyl (C=O) groups excluding carboxylic acids is 1. The lowest BCUT2D eigenvalue weighted by Crippen LogP contribution is -2.48. The summed E-state index contributed by atoms with van der Waals surface area (Å²) in [6.07, 6.45) is 0. The Balaban J connectivity index is 1.25. The van der Waals surface area contributed by atoms with Crippen LogP contribution in [0.1, 0.15) is 5.56 Å². The number of benzene rings is 2. The van der Waals surface area contributed by atoms with Crippen molar-refractivity contribution in [3.05, 3.63) is 59.1 Å². The molecule has 4 rings (SSSR count). The summed E-state index contributed by atoms with van der Waals surface area (Å²) in [5.74, 6) is 0.586. The second-order valence-electron chi connectivity index (χ2n) is 6.63. The highest BCUT2D eigenvalue weighted by atomic mass is 35.5. The minimum atomic E-state index is 0.173. The molecule has 0 aliphatic carbocycles. The predicted octanol–water partition coefficient (Wildman–Crippen LogP) is 3.65. The van der Waals surface area contributed by atoms with Crippen molar-refractivity contribution in [3.8, 4) is 0 Å².